The van der Waals surface area contributed by atoms with Crippen molar-refractivity contribution in [3.63, 3.8) is 0 Å². The normalized spacial score (nSPS) is 13.5. The first-order chi connectivity index (χ1) is 7.29. The van der Waals surface area contributed by atoms with Crippen LogP contribution in [0.15, 0.2) is 24.3 Å². The number of carbonyl (C=O) groups is 1. The molecule has 1 aromatic carbocycles. The summed E-state index contributed by atoms with van der Waals surface area (Å²) in [5.41, 5.74) is 6.41. The Kier molecular flexibility index (Phi) is 3.70. The van der Waals surface area contributed by atoms with E-state index in [4.69, 9.17) is 5.73 Å². The highest BCUT2D eigenvalue weighted by molar-refractivity contribution is 5.92. The lowest BCUT2D eigenvalue weighted by Gasteiger charge is -2.22. The number of aliphatic hydroxyl groups is 1. The van der Waals surface area contributed by atoms with Crippen molar-refractivity contribution >= 4 is 5.91 Å². The molecule has 1 atom stereocenters. The van der Waals surface area contributed by atoms with Crippen LogP contribution in [0.2, 0.25) is 0 Å². The SMILES string of the molecule is CC(C)(C)CC(O)c1cccc(C(N)=O)c1. The Balaban J connectivity index is 2.87. The van der Waals surface area contributed by atoms with Gasteiger partial charge in [0.05, 0.1) is 6.10 Å². The molecular formula is C13H19NO2. The predicted octanol–water partition coefficient (Wildman–Crippen LogP) is 2.26. The van der Waals surface area contributed by atoms with Gasteiger partial charge in [0.15, 0.2) is 0 Å². The fraction of sp³-hybridized carbons (Fsp3) is 0.462. The molecule has 3 nitrogen and oxygen atoms in total. The highest BCUT2D eigenvalue weighted by Crippen LogP contribution is 2.29. The zero-order chi connectivity index (χ0) is 12.3. The molecule has 88 valence electrons. The van der Waals surface area contributed by atoms with Gasteiger partial charge in [-0.1, -0.05) is 32.9 Å². The van der Waals surface area contributed by atoms with Gasteiger partial charge in [0.2, 0.25) is 5.91 Å². The minimum atomic E-state index is -0.556. The smallest absolute Gasteiger partial charge is 0.248 e. The van der Waals surface area contributed by atoms with Gasteiger partial charge in [-0.2, -0.15) is 0 Å². The number of nitrogens with two attached hydrogens (primary N) is 1. The van der Waals surface area contributed by atoms with Crippen LogP contribution < -0.4 is 5.73 Å². The lowest BCUT2D eigenvalue weighted by molar-refractivity contribution is 0.0999. The number of amides is 1. The van der Waals surface area contributed by atoms with E-state index in [0.29, 0.717) is 12.0 Å². The van der Waals surface area contributed by atoms with Crippen molar-refractivity contribution in [2.75, 3.05) is 0 Å². The summed E-state index contributed by atoms with van der Waals surface area (Å²) >= 11 is 0. The molecular weight excluding hydrogens is 202 g/mol. The van der Waals surface area contributed by atoms with Crippen molar-refractivity contribution in [2.45, 2.75) is 33.3 Å². The minimum absolute atomic E-state index is 0.0438. The highest BCUT2D eigenvalue weighted by Gasteiger charge is 2.18. The minimum Gasteiger partial charge on any atom is -0.388 e. The van der Waals surface area contributed by atoms with Crippen LogP contribution in [0.1, 0.15) is 49.2 Å². The second-order valence-corrected chi connectivity index (χ2v) is 5.27. The van der Waals surface area contributed by atoms with Gasteiger partial charge in [-0.25, -0.2) is 0 Å². The first-order valence-corrected chi connectivity index (χ1v) is 5.37. The average Bonchev–Trinajstić information content (AvgIpc) is 2.15. The molecule has 1 rings (SSSR count). The van der Waals surface area contributed by atoms with Gasteiger partial charge in [-0.3, -0.25) is 4.79 Å². The van der Waals surface area contributed by atoms with Crippen LogP contribution in [0.3, 0.4) is 0 Å². The molecule has 0 aromatic heterocycles. The van der Waals surface area contributed by atoms with E-state index in [-0.39, 0.29) is 5.41 Å². The van der Waals surface area contributed by atoms with Crippen molar-refractivity contribution in [2.24, 2.45) is 11.1 Å². The molecule has 0 aliphatic rings. The number of hydrogen-bond donors (Lipinski definition) is 2. The summed E-state index contributed by atoms with van der Waals surface area (Å²) in [6, 6.07) is 6.85. The maximum absolute atomic E-state index is 11.0. The Morgan fingerprint density at radius 3 is 2.56 bits per heavy atom. The van der Waals surface area contributed by atoms with Gasteiger partial charge in [-0.15, -0.1) is 0 Å². The predicted molar refractivity (Wildman–Crippen MR) is 64.0 cm³/mol. The summed E-state index contributed by atoms with van der Waals surface area (Å²) in [4.78, 5) is 11.0. The average molecular weight is 221 g/mol. The Bertz CT molecular complexity index is 380. The maximum Gasteiger partial charge on any atom is 0.248 e. The number of rotatable bonds is 3. The number of hydrogen-bond acceptors (Lipinski definition) is 2. The quantitative estimate of drug-likeness (QED) is 0.822. The van der Waals surface area contributed by atoms with Gasteiger partial charge in [0.25, 0.3) is 0 Å². The highest BCUT2D eigenvalue weighted by atomic mass is 16.3. The Labute approximate surface area is 96.3 Å². The molecule has 0 spiro atoms. The molecule has 0 aliphatic heterocycles. The van der Waals surface area contributed by atoms with Crippen molar-refractivity contribution < 1.29 is 9.90 Å². The van der Waals surface area contributed by atoms with Gasteiger partial charge >= 0.3 is 0 Å². The Morgan fingerprint density at radius 2 is 2.06 bits per heavy atom. The zero-order valence-corrected chi connectivity index (χ0v) is 10.0. The maximum atomic E-state index is 11.0. The molecule has 0 saturated carbocycles. The number of carbonyl (C=O) groups excluding carboxylic acids is 1. The van der Waals surface area contributed by atoms with E-state index < -0.39 is 12.0 Å². The van der Waals surface area contributed by atoms with E-state index >= 15 is 0 Å². The molecule has 16 heavy (non-hydrogen) atoms. The van der Waals surface area contributed by atoms with Crippen LogP contribution in [0.25, 0.3) is 0 Å². The molecule has 1 aromatic rings. The van der Waals surface area contributed by atoms with E-state index in [0.717, 1.165) is 5.56 Å². The summed E-state index contributed by atoms with van der Waals surface area (Å²) in [5.74, 6) is -0.468. The fourth-order valence-electron chi connectivity index (χ4n) is 1.60. The summed E-state index contributed by atoms with van der Waals surface area (Å²) in [5, 5.41) is 10.0. The van der Waals surface area contributed by atoms with E-state index in [9.17, 15) is 9.90 Å². The van der Waals surface area contributed by atoms with Gasteiger partial charge < -0.3 is 10.8 Å². The second kappa shape index (κ2) is 4.66. The lowest BCUT2D eigenvalue weighted by atomic mass is 9.86. The molecule has 0 aliphatic carbocycles. The topological polar surface area (TPSA) is 63.3 Å². The first-order valence-electron chi connectivity index (χ1n) is 5.37. The summed E-state index contributed by atoms with van der Waals surface area (Å²) in [6.45, 7) is 6.19. The zero-order valence-electron chi connectivity index (χ0n) is 10.0. The van der Waals surface area contributed by atoms with Crippen molar-refractivity contribution in [1.82, 2.24) is 0 Å². The van der Waals surface area contributed by atoms with Crippen LogP contribution in [-0.4, -0.2) is 11.0 Å². The summed E-state index contributed by atoms with van der Waals surface area (Å²) < 4.78 is 0. The summed E-state index contributed by atoms with van der Waals surface area (Å²) in [7, 11) is 0. The molecule has 0 fully saturated rings. The number of benzene rings is 1. The third-order valence-electron chi connectivity index (χ3n) is 2.36. The molecule has 0 radical (unpaired) electrons. The number of primary amides is 1. The first kappa shape index (κ1) is 12.7. The monoisotopic (exact) mass is 221 g/mol. The van der Waals surface area contributed by atoms with Gasteiger partial charge in [-0.05, 0) is 29.5 Å². The van der Waals surface area contributed by atoms with Crippen LogP contribution in [0, 0.1) is 5.41 Å². The molecule has 0 bridgehead atoms. The van der Waals surface area contributed by atoms with Crippen molar-refractivity contribution in [1.29, 1.82) is 0 Å². The molecule has 3 heteroatoms. The van der Waals surface area contributed by atoms with E-state index in [1.807, 2.05) is 6.07 Å². The molecule has 1 amide bonds. The van der Waals surface area contributed by atoms with Gasteiger partial charge in [0, 0.05) is 5.56 Å². The van der Waals surface area contributed by atoms with Crippen LogP contribution >= 0.6 is 0 Å². The molecule has 3 N–H and O–H groups in total. The van der Waals surface area contributed by atoms with Crippen LogP contribution in [0.4, 0.5) is 0 Å². The van der Waals surface area contributed by atoms with E-state index in [1.165, 1.54) is 0 Å². The van der Waals surface area contributed by atoms with E-state index in [1.54, 1.807) is 18.2 Å². The van der Waals surface area contributed by atoms with Crippen molar-refractivity contribution in [3.05, 3.63) is 35.4 Å². The lowest BCUT2D eigenvalue weighted by Crippen LogP contribution is -2.14. The third kappa shape index (κ3) is 3.66. The second-order valence-electron chi connectivity index (χ2n) is 5.27. The third-order valence-corrected chi connectivity index (χ3v) is 2.36. The molecule has 1 unspecified atom stereocenters. The Hall–Kier alpha value is -1.35. The standard InChI is InChI=1S/C13H19NO2/c1-13(2,3)8-11(15)9-5-4-6-10(7-9)12(14)16/h4-7,11,15H,8H2,1-3H3,(H2,14,16). The van der Waals surface area contributed by atoms with Crippen LogP contribution in [0.5, 0.6) is 0 Å². The molecule has 0 heterocycles. The number of aliphatic hydroxyl groups excluding tert-OH is 1. The largest absolute Gasteiger partial charge is 0.388 e. The van der Waals surface area contributed by atoms with Crippen molar-refractivity contribution in [3.8, 4) is 0 Å². The van der Waals surface area contributed by atoms with E-state index in [2.05, 4.69) is 20.8 Å². The van der Waals surface area contributed by atoms with Gasteiger partial charge in [0.1, 0.15) is 0 Å². The Morgan fingerprint density at radius 1 is 1.44 bits per heavy atom. The van der Waals surface area contributed by atoms with Crippen LogP contribution in [-0.2, 0) is 0 Å². The fourth-order valence-corrected chi connectivity index (χ4v) is 1.60. The summed E-state index contributed by atoms with van der Waals surface area (Å²) in [6.07, 6.45) is 0.0918. The molecule has 0 saturated heterocycles.